The van der Waals surface area contributed by atoms with Gasteiger partial charge in [-0.3, -0.25) is 0 Å². The Hall–Kier alpha value is -1.60. The van der Waals surface area contributed by atoms with Crippen LogP contribution in [0.15, 0.2) is 54.6 Å². The highest BCUT2D eigenvalue weighted by atomic mass is 14.9. The largest absolute Gasteiger partial charge is 0.314 e. The minimum atomic E-state index is 0.657. The maximum Gasteiger partial charge on any atom is 0.0108 e. The Morgan fingerprint density at radius 1 is 0.905 bits per heavy atom. The lowest BCUT2D eigenvalue weighted by atomic mass is 10.0. The summed E-state index contributed by atoms with van der Waals surface area (Å²) in [5, 5.41) is 3.77. The predicted molar refractivity (Wildman–Crippen MR) is 89.6 cm³/mol. The van der Waals surface area contributed by atoms with Crippen molar-refractivity contribution < 1.29 is 0 Å². The van der Waals surface area contributed by atoms with Crippen molar-refractivity contribution in [2.24, 2.45) is 0 Å². The lowest BCUT2D eigenvalue weighted by Gasteiger charge is -2.17. The molecule has 110 valence electrons. The summed E-state index contributed by atoms with van der Waals surface area (Å²) in [6, 6.07) is 20.4. The summed E-state index contributed by atoms with van der Waals surface area (Å²) in [7, 11) is 0. The van der Waals surface area contributed by atoms with E-state index in [4.69, 9.17) is 0 Å². The van der Waals surface area contributed by atoms with E-state index in [1.54, 1.807) is 11.1 Å². The molecule has 0 saturated heterocycles. The van der Waals surface area contributed by atoms with Gasteiger partial charge in [0.1, 0.15) is 0 Å². The zero-order valence-corrected chi connectivity index (χ0v) is 12.7. The summed E-state index contributed by atoms with van der Waals surface area (Å²) in [5.41, 5.74) is 4.56. The van der Waals surface area contributed by atoms with E-state index in [9.17, 15) is 0 Å². The van der Waals surface area contributed by atoms with E-state index >= 15 is 0 Å². The first kappa shape index (κ1) is 14.3. The van der Waals surface area contributed by atoms with E-state index in [1.807, 2.05) is 0 Å². The quantitative estimate of drug-likeness (QED) is 0.640. The van der Waals surface area contributed by atoms with Gasteiger partial charge in [-0.2, -0.15) is 0 Å². The van der Waals surface area contributed by atoms with E-state index in [2.05, 4.69) is 59.9 Å². The van der Waals surface area contributed by atoms with E-state index in [0.29, 0.717) is 6.04 Å². The molecule has 1 heteroatoms. The average molecular weight is 279 g/mol. The number of benzene rings is 2. The minimum absolute atomic E-state index is 0.657. The van der Waals surface area contributed by atoms with Crippen LogP contribution in [0.3, 0.4) is 0 Å². The zero-order valence-electron chi connectivity index (χ0n) is 12.7. The first-order valence-corrected chi connectivity index (χ1v) is 8.26. The van der Waals surface area contributed by atoms with Gasteiger partial charge < -0.3 is 5.32 Å². The molecule has 21 heavy (non-hydrogen) atoms. The molecular weight excluding hydrogens is 254 g/mol. The Kier molecular flexibility index (Phi) is 5.07. The molecule has 1 nitrogen and oxygen atoms in total. The van der Waals surface area contributed by atoms with Crippen molar-refractivity contribution in [3.8, 4) is 0 Å². The highest BCUT2D eigenvalue weighted by Crippen LogP contribution is 2.20. The highest BCUT2D eigenvalue weighted by molar-refractivity contribution is 5.29. The molecule has 0 bridgehead atoms. The Morgan fingerprint density at radius 2 is 1.67 bits per heavy atom. The fourth-order valence-corrected chi connectivity index (χ4v) is 3.32. The third kappa shape index (κ3) is 4.18. The Morgan fingerprint density at radius 3 is 2.52 bits per heavy atom. The molecule has 0 aromatic heterocycles. The van der Waals surface area contributed by atoms with Gasteiger partial charge in [0.05, 0.1) is 0 Å². The fraction of sp³-hybridized carbons (Fsp3) is 0.400. The first-order valence-electron chi connectivity index (χ1n) is 8.26. The van der Waals surface area contributed by atoms with Crippen LogP contribution in [-0.2, 0) is 19.3 Å². The van der Waals surface area contributed by atoms with Crippen LogP contribution in [0.4, 0.5) is 0 Å². The molecule has 1 aliphatic carbocycles. The SMILES string of the molecule is c1ccc(CCCN[C@H]2CCCc3ccccc3C2)cc1. The molecule has 0 heterocycles. The van der Waals surface area contributed by atoms with Crippen LogP contribution in [0.1, 0.15) is 36.0 Å². The minimum Gasteiger partial charge on any atom is -0.314 e. The summed E-state index contributed by atoms with van der Waals surface area (Å²) < 4.78 is 0. The molecule has 0 radical (unpaired) electrons. The molecular formula is C20H25N. The molecule has 0 unspecified atom stereocenters. The van der Waals surface area contributed by atoms with Crippen LogP contribution in [0.5, 0.6) is 0 Å². The lowest BCUT2D eigenvalue weighted by molar-refractivity contribution is 0.470. The Bertz CT molecular complexity index is 547. The lowest BCUT2D eigenvalue weighted by Crippen LogP contribution is -2.31. The van der Waals surface area contributed by atoms with Crippen LogP contribution >= 0.6 is 0 Å². The molecule has 0 spiro atoms. The van der Waals surface area contributed by atoms with Crippen molar-refractivity contribution >= 4 is 0 Å². The standard InChI is InChI=1S/C20H25N/c1-2-8-17(9-3-1)10-7-15-21-20-14-6-13-18-11-4-5-12-19(18)16-20/h1-5,8-9,11-12,20-21H,6-7,10,13-16H2/t20-/m0/s1. The number of hydrogen-bond donors (Lipinski definition) is 1. The van der Waals surface area contributed by atoms with Crippen molar-refractivity contribution in [1.29, 1.82) is 0 Å². The molecule has 2 aromatic rings. The van der Waals surface area contributed by atoms with Gasteiger partial charge in [-0.05, 0) is 61.8 Å². The molecule has 3 rings (SSSR count). The fourth-order valence-electron chi connectivity index (χ4n) is 3.32. The summed E-state index contributed by atoms with van der Waals surface area (Å²) in [6.45, 7) is 1.13. The number of nitrogens with one attached hydrogen (secondary N) is 1. The molecule has 2 aromatic carbocycles. The number of fused-ring (bicyclic) bond motifs is 1. The van der Waals surface area contributed by atoms with E-state index in [-0.39, 0.29) is 0 Å². The smallest absolute Gasteiger partial charge is 0.0108 e. The summed E-state index contributed by atoms with van der Waals surface area (Å²) in [4.78, 5) is 0. The number of aryl methyl sites for hydroxylation is 2. The van der Waals surface area contributed by atoms with Crippen LogP contribution in [-0.4, -0.2) is 12.6 Å². The third-order valence-corrected chi connectivity index (χ3v) is 4.50. The molecule has 0 amide bonds. The predicted octanol–water partition coefficient (Wildman–Crippen LogP) is 4.16. The second-order valence-corrected chi connectivity index (χ2v) is 6.11. The van der Waals surface area contributed by atoms with Gasteiger partial charge in [-0.1, -0.05) is 54.6 Å². The number of rotatable bonds is 5. The molecule has 0 fully saturated rings. The van der Waals surface area contributed by atoms with Crippen molar-refractivity contribution in [1.82, 2.24) is 5.32 Å². The van der Waals surface area contributed by atoms with E-state index in [0.717, 1.165) is 6.54 Å². The average Bonchev–Trinajstić information content (AvgIpc) is 2.74. The van der Waals surface area contributed by atoms with Gasteiger partial charge in [0.25, 0.3) is 0 Å². The van der Waals surface area contributed by atoms with Gasteiger partial charge in [0.2, 0.25) is 0 Å². The van der Waals surface area contributed by atoms with Crippen molar-refractivity contribution in [3.05, 3.63) is 71.3 Å². The maximum atomic E-state index is 3.77. The maximum absolute atomic E-state index is 3.77. The highest BCUT2D eigenvalue weighted by Gasteiger charge is 2.15. The van der Waals surface area contributed by atoms with Gasteiger partial charge in [0, 0.05) is 6.04 Å². The van der Waals surface area contributed by atoms with Crippen LogP contribution < -0.4 is 5.32 Å². The third-order valence-electron chi connectivity index (χ3n) is 4.50. The van der Waals surface area contributed by atoms with Gasteiger partial charge in [0.15, 0.2) is 0 Å². The summed E-state index contributed by atoms with van der Waals surface area (Å²) in [5.74, 6) is 0. The summed E-state index contributed by atoms with van der Waals surface area (Å²) in [6.07, 6.45) is 7.46. The second-order valence-electron chi connectivity index (χ2n) is 6.11. The van der Waals surface area contributed by atoms with Crippen LogP contribution in [0.25, 0.3) is 0 Å². The molecule has 0 saturated carbocycles. The van der Waals surface area contributed by atoms with Crippen molar-refractivity contribution in [3.63, 3.8) is 0 Å². The van der Waals surface area contributed by atoms with Crippen molar-refractivity contribution in [2.75, 3.05) is 6.54 Å². The van der Waals surface area contributed by atoms with E-state index in [1.165, 1.54) is 44.1 Å². The zero-order chi connectivity index (χ0) is 14.3. The first-order chi connectivity index (χ1) is 10.4. The monoisotopic (exact) mass is 279 g/mol. The van der Waals surface area contributed by atoms with Gasteiger partial charge >= 0.3 is 0 Å². The molecule has 1 aliphatic rings. The topological polar surface area (TPSA) is 12.0 Å². The summed E-state index contributed by atoms with van der Waals surface area (Å²) >= 11 is 0. The van der Waals surface area contributed by atoms with E-state index < -0.39 is 0 Å². The molecule has 1 N–H and O–H groups in total. The van der Waals surface area contributed by atoms with Crippen LogP contribution in [0, 0.1) is 0 Å². The Labute approximate surface area is 128 Å². The molecule has 1 atom stereocenters. The van der Waals surface area contributed by atoms with Crippen molar-refractivity contribution in [2.45, 2.75) is 44.6 Å². The van der Waals surface area contributed by atoms with Crippen LogP contribution in [0.2, 0.25) is 0 Å². The van der Waals surface area contributed by atoms with Gasteiger partial charge in [-0.25, -0.2) is 0 Å². The Balaban J connectivity index is 1.45. The number of hydrogen-bond acceptors (Lipinski definition) is 1. The van der Waals surface area contributed by atoms with Gasteiger partial charge in [-0.15, -0.1) is 0 Å². The second kappa shape index (κ2) is 7.42. The normalized spacial score (nSPS) is 18.0. The molecule has 0 aliphatic heterocycles.